The van der Waals surface area contributed by atoms with E-state index in [2.05, 4.69) is 15.0 Å². The molecule has 0 spiro atoms. The number of nitrogens with zero attached hydrogens (tertiary/aromatic N) is 3. The molecular formula is C28H23ClN4O4. The fourth-order valence-corrected chi connectivity index (χ4v) is 4.16. The lowest BCUT2D eigenvalue weighted by Crippen LogP contribution is -2.00. The van der Waals surface area contributed by atoms with Gasteiger partial charge in [-0.2, -0.15) is 0 Å². The monoisotopic (exact) mass is 514 g/mol. The van der Waals surface area contributed by atoms with Gasteiger partial charge in [0.05, 0.1) is 38.2 Å². The zero-order chi connectivity index (χ0) is 25.9. The van der Waals surface area contributed by atoms with Crippen LogP contribution >= 0.6 is 11.6 Å². The third-order valence-corrected chi connectivity index (χ3v) is 5.98. The van der Waals surface area contributed by atoms with E-state index in [1.807, 2.05) is 60.7 Å². The van der Waals surface area contributed by atoms with Crippen LogP contribution in [-0.2, 0) is 0 Å². The number of benzene rings is 3. The van der Waals surface area contributed by atoms with Gasteiger partial charge in [-0.05, 0) is 66.7 Å². The summed E-state index contributed by atoms with van der Waals surface area (Å²) in [5.41, 5.74) is 9.71. The van der Waals surface area contributed by atoms with Gasteiger partial charge >= 0.3 is 0 Å². The van der Waals surface area contributed by atoms with Crippen molar-refractivity contribution >= 4 is 28.5 Å². The van der Waals surface area contributed by atoms with Gasteiger partial charge in [0.25, 0.3) is 0 Å². The van der Waals surface area contributed by atoms with Gasteiger partial charge in [0.1, 0.15) is 11.5 Å². The molecule has 3 aromatic carbocycles. The van der Waals surface area contributed by atoms with Crippen LogP contribution in [0.25, 0.3) is 33.4 Å². The average molecular weight is 515 g/mol. The maximum atomic E-state index is 6.13. The molecule has 37 heavy (non-hydrogen) atoms. The number of pyridine rings is 1. The zero-order valence-corrected chi connectivity index (χ0v) is 21.1. The van der Waals surface area contributed by atoms with Crippen molar-refractivity contribution in [1.82, 2.24) is 15.0 Å². The predicted molar refractivity (Wildman–Crippen MR) is 144 cm³/mol. The molecule has 8 nitrogen and oxygen atoms in total. The van der Waals surface area contributed by atoms with Gasteiger partial charge in [0.2, 0.25) is 11.7 Å². The number of hydrogen-bond donors (Lipinski definition) is 1. The van der Waals surface area contributed by atoms with Crippen molar-refractivity contribution < 1.29 is 18.9 Å². The van der Waals surface area contributed by atoms with E-state index in [1.54, 1.807) is 33.6 Å². The van der Waals surface area contributed by atoms with E-state index in [0.717, 1.165) is 22.0 Å². The summed E-state index contributed by atoms with van der Waals surface area (Å²) in [4.78, 5) is 13.2. The summed E-state index contributed by atoms with van der Waals surface area (Å²) in [5.74, 6) is 3.02. The van der Waals surface area contributed by atoms with Crippen molar-refractivity contribution in [3.63, 3.8) is 0 Å². The molecule has 0 radical (unpaired) electrons. The molecule has 0 unspecified atom stereocenters. The van der Waals surface area contributed by atoms with Gasteiger partial charge in [-0.25, -0.2) is 9.97 Å². The number of aromatic nitrogens is 3. The maximum Gasteiger partial charge on any atom is 0.221 e. The van der Waals surface area contributed by atoms with Crippen molar-refractivity contribution in [1.29, 1.82) is 0 Å². The molecule has 0 saturated heterocycles. The zero-order valence-electron chi connectivity index (χ0n) is 20.4. The first-order valence-electron chi connectivity index (χ1n) is 11.3. The van der Waals surface area contributed by atoms with Crippen LogP contribution < -0.4 is 24.7 Å². The molecule has 5 rings (SSSR count). The first kappa shape index (κ1) is 24.1. The van der Waals surface area contributed by atoms with Gasteiger partial charge in [0, 0.05) is 27.7 Å². The Morgan fingerprint density at radius 3 is 2.03 bits per heavy atom. The third-order valence-electron chi connectivity index (χ3n) is 5.75. The Labute approximate surface area is 218 Å². The Balaban J connectivity index is 1.46. The first-order valence-corrected chi connectivity index (χ1v) is 11.6. The minimum absolute atomic E-state index is 0.142. The maximum absolute atomic E-state index is 6.13. The van der Waals surface area contributed by atoms with Gasteiger partial charge in [0.15, 0.2) is 11.5 Å². The predicted octanol–water partition coefficient (Wildman–Crippen LogP) is 6.41. The van der Waals surface area contributed by atoms with Crippen molar-refractivity contribution in [2.24, 2.45) is 0 Å². The van der Waals surface area contributed by atoms with Gasteiger partial charge in [-0.3, -0.25) is 4.98 Å². The molecule has 2 N–H and O–H groups in total. The molecule has 0 atom stereocenters. The van der Waals surface area contributed by atoms with Crippen LogP contribution in [0.5, 0.6) is 28.7 Å². The molecule has 0 saturated carbocycles. The van der Waals surface area contributed by atoms with Crippen LogP contribution in [0, 0.1) is 0 Å². The molecule has 2 aromatic heterocycles. The molecule has 5 aromatic rings. The van der Waals surface area contributed by atoms with E-state index >= 15 is 0 Å². The number of ether oxygens (including phenoxy) is 4. The number of fused-ring (bicyclic) bond motifs is 1. The number of nitrogen functional groups attached to an aromatic ring is 1. The highest BCUT2D eigenvalue weighted by Crippen LogP contribution is 2.41. The lowest BCUT2D eigenvalue weighted by Gasteiger charge is -2.14. The van der Waals surface area contributed by atoms with Gasteiger partial charge in [-0.1, -0.05) is 11.6 Å². The van der Waals surface area contributed by atoms with E-state index in [0.29, 0.717) is 45.2 Å². The number of hydrogen-bond acceptors (Lipinski definition) is 8. The molecule has 0 fully saturated rings. The highest BCUT2D eigenvalue weighted by molar-refractivity contribution is 6.31. The van der Waals surface area contributed by atoms with Gasteiger partial charge < -0.3 is 24.7 Å². The molecule has 0 aliphatic rings. The van der Waals surface area contributed by atoms with Crippen LogP contribution in [0.1, 0.15) is 0 Å². The highest BCUT2D eigenvalue weighted by Gasteiger charge is 2.16. The number of nitrogens with two attached hydrogens (primary N) is 1. The average Bonchev–Trinajstić information content (AvgIpc) is 2.92. The Bertz CT molecular complexity index is 1570. The van der Waals surface area contributed by atoms with Crippen LogP contribution in [0.4, 0.5) is 5.95 Å². The molecule has 186 valence electrons. The summed E-state index contributed by atoms with van der Waals surface area (Å²) < 4.78 is 22.5. The summed E-state index contributed by atoms with van der Waals surface area (Å²) in [6, 6.07) is 20.4. The minimum Gasteiger partial charge on any atom is -0.493 e. The molecule has 0 bridgehead atoms. The van der Waals surface area contributed by atoms with E-state index in [9.17, 15) is 0 Å². The van der Waals surface area contributed by atoms with Gasteiger partial charge in [-0.15, -0.1) is 0 Å². The molecule has 2 heterocycles. The normalized spacial score (nSPS) is 10.8. The second-order valence-corrected chi connectivity index (χ2v) is 8.44. The Hall–Kier alpha value is -4.56. The second-order valence-electron chi connectivity index (χ2n) is 8.01. The molecule has 0 amide bonds. The lowest BCUT2D eigenvalue weighted by molar-refractivity contribution is 0.324. The van der Waals surface area contributed by atoms with Crippen molar-refractivity contribution in [2.75, 3.05) is 27.1 Å². The van der Waals surface area contributed by atoms with E-state index in [1.165, 1.54) is 0 Å². The second kappa shape index (κ2) is 10.2. The SMILES string of the molecule is COc1cc(-c2cc(-c3ccc(Oc4ccnc5cc(Cl)ccc45)cc3)nc(N)n2)cc(OC)c1OC. The standard InChI is InChI=1S/C28H23ClN4O4/c1-34-25-12-17(13-26(35-2)27(25)36-3)22-15-21(32-28(30)33-22)16-4-7-19(8-5-16)37-24-10-11-31-23-14-18(29)6-9-20(23)24/h4-15H,1-3H3,(H2,30,32,33). The molecule has 9 heteroatoms. The Morgan fingerprint density at radius 1 is 0.703 bits per heavy atom. The van der Waals surface area contributed by atoms with Crippen LogP contribution in [0.2, 0.25) is 5.02 Å². The topological polar surface area (TPSA) is 102 Å². The quantitative estimate of drug-likeness (QED) is 0.266. The largest absolute Gasteiger partial charge is 0.493 e. The van der Waals surface area contributed by atoms with Crippen LogP contribution in [-0.4, -0.2) is 36.3 Å². The third kappa shape index (κ3) is 4.92. The Morgan fingerprint density at radius 2 is 1.38 bits per heavy atom. The molecule has 0 aliphatic carbocycles. The minimum atomic E-state index is 0.142. The smallest absolute Gasteiger partial charge is 0.221 e. The summed E-state index contributed by atoms with van der Waals surface area (Å²) in [5, 5.41) is 1.49. The van der Waals surface area contributed by atoms with Crippen molar-refractivity contribution in [3.05, 3.63) is 77.9 Å². The van der Waals surface area contributed by atoms with E-state index < -0.39 is 0 Å². The molecular weight excluding hydrogens is 492 g/mol. The fourth-order valence-electron chi connectivity index (χ4n) is 4.00. The highest BCUT2D eigenvalue weighted by atomic mass is 35.5. The fraction of sp³-hybridized carbons (Fsp3) is 0.107. The van der Waals surface area contributed by atoms with Crippen molar-refractivity contribution in [2.45, 2.75) is 0 Å². The number of methoxy groups -OCH3 is 3. The van der Waals surface area contributed by atoms with Crippen LogP contribution in [0.15, 0.2) is 72.9 Å². The van der Waals surface area contributed by atoms with Crippen molar-refractivity contribution in [3.8, 4) is 51.3 Å². The summed E-state index contributed by atoms with van der Waals surface area (Å²) in [6.07, 6.45) is 1.69. The number of halogens is 1. The van der Waals surface area contributed by atoms with Crippen LogP contribution in [0.3, 0.4) is 0 Å². The van der Waals surface area contributed by atoms with E-state index in [4.69, 9.17) is 36.3 Å². The summed E-state index contributed by atoms with van der Waals surface area (Å²) >= 11 is 6.09. The Kier molecular flexibility index (Phi) is 6.66. The number of rotatable bonds is 7. The number of anilines is 1. The lowest BCUT2D eigenvalue weighted by atomic mass is 10.1. The molecule has 0 aliphatic heterocycles. The van der Waals surface area contributed by atoms with E-state index in [-0.39, 0.29) is 5.95 Å². The summed E-state index contributed by atoms with van der Waals surface area (Å²) in [6.45, 7) is 0. The first-order chi connectivity index (χ1) is 18.0. The summed E-state index contributed by atoms with van der Waals surface area (Å²) in [7, 11) is 4.68.